The molecule has 8 nitrogen and oxygen atoms in total. The lowest BCUT2D eigenvalue weighted by atomic mass is 10.3. The summed E-state index contributed by atoms with van der Waals surface area (Å²) in [5.74, 6) is 0.434. The normalized spacial score (nSPS) is 12.3. The minimum atomic E-state index is -0.307. The van der Waals surface area contributed by atoms with Crippen molar-refractivity contribution in [2.45, 2.75) is 13.0 Å². The molecule has 0 aliphatic rings. The van der Waals surface area contributed by atoms with Crippen LogP contribution in [-0.4, -0.2) is 36.2 Å². The van der Waals surface area contributed by atoms with Crippen molar-refractivity contribution in [3.63, 3.8) is 0 Å². The largest absolute Gasteiger partial charge is 0.327 e. The number of rotatable bonds is 2. The van der Waals surface area contributed by atoms with Crippen LogP contribution in [0.4, 0.5) is 4.79 Å². The Bertz CT molecular complexity index is 420. The topological polar surface area (TPSA) is 101 Å². The molecule has 15 heavy (non-hydrogen) atoms. The molecule has 8 heteroatoms. The molecule has 2 heterocycles. The lowest BCUT2D eigenvalue weighted by Gasteiger charge is -2.09. The maximum Gasteiger partial charge on any atom is 0.327 e. The van der Waals surface area contributed by atoms with Crippen LogP contribution in [-0.2, 0) is 0 Å². The zero-order valence-corrected chi connectivity index (χ0v) is 7.95. The first-order chi connectivity index (χ1) is 7.27. The molecule has 0 fully saturated rings. The molecule has 0 saturated heterocycles. The van der Waals surface area contributed by atoms with Gasteiger partial charge in [-0.05, 0) is 6.92 Å². The van der Waals surface area contributed by atoms with Gasteiger partial charge in [0.1, 0.15) is 6.33 Å². The Morgan fingerprint density at radius 1 is 1.67 bits per heavy atom. The van der Waals surface area contributed by atoms with E-state index >= 15 is 0 Å². The molecule has 0 aliphatic heterocycles. The summed E-state index contributed by atoms with van der Waals surface area (Å²) in [6.07, 6.45) is 4.50. The quantitative estimate of drug-likeness (QED) is 0.704. The molecule has 0 aromatic carbocycles. The number of hydrogen-bond donors (Lipinski definition) is 2. The second-order valence-corrected chi connectivity index (χ2v) is 2.91. The van der Waals surface area contributed by atoms with Crippen LogP contribution in [0.1, 0.15) is 18.8 Å². The Hall–Kier alpha value is -2.25. The van der Waals surface area contributed by atoms with Gasteiger partial charge in [0.05, 0.1) is 6.04 Å². The van der Waals surface area contributed by atoms with Gasteiger partial charge in [0.2, 0.25) is 0 Å². The van der Waals surface area contributed by atoms with Gasteiger partial charge in [0, 0.05) is 12.4 Å². The van der Waals surface area contributed by atoms with Gasteiger partial charge in [-0.25, -0.2) is 9.78 Å². The summed E-state index contributed by atoms with van der Waals surface area (Å²) < 4.78 is 1.33. The predicted octanol–water partition coefficient (Wildman–Crippen LogP) is -0.285. The summed E-state index contributed by atoms with van der Waals surface area (Å²) in [5.41, 5.74) is 0. The Morgan fingerprint density at radius 3 is 3.13 bits per heavy atom. The summed E-state index contributed by atoms with van der Waals surface area (Å²) in [6, 6.07) is -0.594. The Labute approximate surface area is 84.7 Å². The lowest BCUT2D eigenvalue weighted by molar-refractivity contribution is 0.239. The third kappa shape index (κ3) is 1.98. The molecule has 78 valence electrons. The van der Waals surface area contributed by atoms with Gasteiger partial charge < -0.3 is 5.32 Å². The lowest BCUT2D eigenvalue weighted by Crippen LogP contribution is -2.30. The highest BCUT2D eigenvalue weighted by Gasteiger charge is 2.13. The van der Waals surface area contributed by atoms with E-state index in [1.807, 2.05) is 0 Å². The number of imidazole rings is 1. The SMILES string of the molecule is CC(NC(=O)n1ccnc1)c1nn[nH]n1. The highest BCUT2D eigenvalue weighted by Crippen LogP contribution is 2.03. The summed E-state index contributed by atoms with van der Waals surface area (Å²) in [6.45, 7) is 1.76. The first-order valence-corrected chi connectivity index (χ1v) is 4.29. The zero-order valence-electron chi connectivity index (χ0n) is 7.95. The fraction of sp³-hybridized carbons (Fsp3) is 0.286. The molecule has 0 radical (unpaired) electrons. The molecule has 2 aromatic heterocycles. The smallest absolute Gasteiger partial charge is 0.327 e. The molecule has 2 rings (SSSR count). The number of nitrogens with one attached hydrogen (secondary N) is 2. The predicted molar refractivity (Wildman–Crippen MR) is 48.7 cm³/mol. The van der Waals surface area contributed by atoms with Crippen LogP contribution in [0.25, 0.3) is 0 Å². The monoisotopic (exact) mass is 207 g/mol. The fourth-order valence-corrected chi connectivity index (χ4v) is 1.06. The highest BCUT2D eigenvalue weighted by molar-refractivity contribution is 5.76. The number of carbonyl (C=O) groups is 1. The number of aromatic nitrogens is 6. The van der Waals surface area contributed by atoms with E-state index in [1.165, 1.54) is 17.1 Å². The van der Waals surface area contributed by atoms with Gasteiger partial charge in [0.15, 0.2) is 5.82 Å². The van der Waals surface area contributed by atoms with E-state index < -0.39 is 0 Å². The Balaban J connectivity index is 2.01. The van der Waals surface area contributed by atoms with E-state index in [1.54, 1.807) is 13.1 Å². The van der Waals surface area contributed by atoms with E-state index in [2.05, 4.69) is 30.9 Å². The molecule has 0 saturated carbocycles. The second kappa shape index (κ2) is 3.86. The third-order valence-corrected chi connectivity index (χ3v) is 1.83. The van der Waals surface area contributed by atoms with Crippen molar-refractivity contribution in [1.29, 1.82) is 0 Å². The highest BCUT2D eigenvalue weighted by atomic mass is 16.2. The van der Waals surface area contributed by atoms with Gasteiger partial charge in [-0.3, -0.25) is 4.57 Å². The van der Waals surface area contributed by atoms with Gasteiger partial charge in [0.25, 0.3) is 0 Å². The second-order valence-electron chi connectivity index (χ2n) is 2.91. The molecule has 0 spiro atoms. The Kier molecular flexibility index (Phi) is 2.40. The number of tetrazole rings is 1. The average molecular weight is 207 g/mol. The zero-order chi connectivity index (χ0) is 10.7. The van der Waals surface area contributed by atoms with Gasteiger partial charge >= 0.3 is 6.03 Å². The van der Waals surface area contributed by atoms with E-state index in [4.69, 9.17) is 0 Å². The van der Waals surface area contributed by atoms with Crippen molar-refractivity contribution < 1.29 is 4.79 Å². The first kappa shape index (κ1) is 9.31. The van der Waals surface area contributed by atoms with E-state index in [-0.39, 0.29) is 12.1 Å². The number of aromatic amines is 1. The number of hydrogen-bond acceptors (Lipinski definition) is 5. The third-order valence-electron chi connectivity index (χ3n) is 1.83. The fourth-order valence-electron chi connectivity index (χ4n) is 1.06. The van der Waals surface area contributed by atoms with Crippen LogP contribution in [0.15, 0.2) is 18.7 Å². The van der Waals surface area contributed by atoms with Crippen LogP contribution in [0.2, 0.25) is 0 Å². The standard InChI is InChI=1S/C7H9N7O/c1-5(6-10-12-13-11-6)9-7(15)14-3-2-8-4-14/h2-5H,1H3,(H,9,15)(H,10,11,12,13). The van der Waals surface area contributed by atoms with Crippen LogP contribution in [0, 0.1) is 0 Å². The van der Waals surface area contributed by atoms with Crippen molar-refractivity contribution in [3.8, 4) is 0 Å². The van der Waals surface area contributed by atoms with Crippen LogP contribution >= 0.6 is 0 Å². The molecular formula is C7H9N7O. The molecule has 2 aromatic rings. The minimum absolute atomic E-state index is 0.287. The van der Waals surface area contributed by atoms with Gasteiger partial charge in [-0.2, -0.15) is 5.21 Å². The summed E-state index contributed by atoms with van der Waals surface area (Å²) in [7, 11) is 0. The molecule has 0 aliphatic carbocycles. The average Bonchev–Trinajstić information content (AvgIpc) is 2.91. The van der Waals surface area contributed by atoms with Gasteiger partial charge in [-0.15, -0.1) is 10.2 Å². The molecule has 1 atom stereocenters. The van der Waals surface area contributed by atoms with Crippen molar-refractivity contribution in [3.05, 3.63) is 24.5 Å². The summed E-state index contributed by atoms with van der Waals surface area (Å²) in [5, 5.41) is 15.9. The molecule has 1 amide bonds. The summed E-state index contributed by atoms with van der Waals surface area (Å²) >= 11 is 0. The summed E-state index contributed by atoms with van der Waals surface area (Å²) in [4.78, 5) is 15.3. The van der Waals surface area contributed by atoms with Crippen LogP contribution in [0.3, 0.4) is 0 Å². The van der Waals surface area contributed by atoms with Crippen molar-refractivity contribution in [1.82, 2.24) is 35.5 Å². The van der Waals surface area contributed by atoms with Gasteiger partial charge in [-0.1, -0.05) is 5.21 Å². The Morgan fingerprint density at radius 2 is 2.53 bits per heavy atom. The van der Waals surface area contributed by atoms with E-state index in [0.717, 1.165) is 0 Å². The molecular weight excluding hydrogens is 198 g/mol. The molecule has 0 bridgehead atoms. The minimum Gasteiger partial charge on any atom is -0.327 e. The van der Waals surface area contributed by atoms with E-state index in [9.17, 15) is 4.79 Å². The van der Waals surface area contributed by atoms with Crippen LogP contribution in [0.5, 0.6) is 0 Å². The number of carbonyl (C=O) groups excluding carboxylic acids is 1. The molecule has 2 N–H and O–H groups in total. The van der Waals surface area contributed by atoms with Crippen molar-refractivity contribution in [2.24, 2.45) is 0 Å². The van der Waals surface area contributed by atoms with E-state index in [0.29, 0.717) is 5.82 Å². The van der Waals surface area contributed by atoms with Crippen molar-refractivity contribution >= 4 is 6.03 Å². The molecule has 1 unspecified atom stereocenters. The maximum absolute atomic E-state index is 11.5. The maximum atomic E-state index is 11.5. The number of H-pyrrole nitrogens is 1. The first-order valence-electron chi connectivity index (χ1n) is 4.29. The van der Waals surface area contributed by atoms with Crippen LogP contribution < -0.4 is 5.32 Å². The van der Waals surface area contributed by atoms with Crippen molar-refractivity contribution in [2.75, 3.05) is 0 Å². The number of nitrogens with zero attached hydrogens (tertiary/aromatic N) is 5. The number of amides is 1.